The van der Waals surface area contributed by atoms with E-state index in [0.717, 1.165) is 11.6 Å². The van der Waals surface area contributed by atoms with E-state index in [4.69, 9.17) is 5.26 Å². The molecule has 1 heterocycles. The molecule has 0 unspecified atom stereocenters. The molecular formula is C19H15F3N4O3. The van der Waals surface area contributed by atoms with E-state index in [1.54, 1.807) is 29.2 Å². The number of hydrogen-bond donors (Lipinski definition) is 0. The highest BCUT2D eigenvalue weighted by atomic mass is 19.4. The third-order valence-corrected chi connectivity index (χ3v) is 4.62. The second-order valence-electron chi connectivity index (χ2n) is 6.50. The molecule has 0 saturated carbocycles. The fraction of sp³-hybridized carbons (Fsp3) is 0.263. The van der Waals surface area contributed by atoms with Crippen molar-refractivity contribution in [2.45, 2.75) is 12.7 Å². The number of halogens is 3. The molecule has 29 heavy (non-hydrogen) atoms. The number of anilines is 1. The van der Waals surface area contributed by atoms with Crippen molar-refractivity contribution in [3.05, 3.63) is 69.3 Å². The Morgan fingerprint density at radius 3 is 2.38 bits per heavy atom. The Hall–Kier alpha value is -3.61. The van der Waals surface area contributed by atoms with Crippen molar-refractivity contribution in [3.8, 4) is 6.07 Å². The number of hydrogen-bond acceptors (Lipinski definition) is 5. The van der Waals surface area contributed by atoms with E-state index in [9.17, 15) is 28.1 Å². The van der Waals surface area contributed by atoms with Gasteiger partial charge in [-0.2, -0.15) is 18.4 Å². The summed E-state index contributed by atoms with van der Waals surface area (Å²) in [6, 6.07) is 11.5. The molecular weight excluding hydrogens is 389 g/mol. The lowest BCUT2D eigenvalue weighted by molar-refractivity contribution is -0.388. The van der Waals surface area contributed by atoms with E-state index in [1.165, 1.54) is 11.0 Å². The molecule has 1 aliphatic heterocycles. The first kappa shape index (κ1) is 20.1. The zero-order valence-electron chi connectivity index (χ0n) is 15.0. The van der Waals surface area contributed by atoms with E-state index in [-0.39, 0.29) is 31.2 Å². The first-order valence-corrected chi connectivity index (χ1v) is 8.56. The van der Waals surface area contributed by atoms with Gasteiger partial charge in [-0.25, -0.2) is 0 Å². The number of rotatable bonds is 4. The van der Waals surface area contributed by atoms with Gasteiger partial charge in [-0.3, -0.25) is 14.9 Å². The van der Waals surface area contributed by atoms with Crippen LogP contribution >= 0.6 is 0 Å². The lowest BCUT2D eigenvalue weighted by atomic mass is 10.1. The Labute approximate surface area is 163 Å². The molecule has 0 aliphatic carbocycles. The molecule has 1 amide bonds. The summed E-state index contributed by atoms with van der Waals surface area (Å²) in [6.07, 6.45) is -4.88. The first-order valence-electron chi connectivity index (χ1n) is 8.56. The Balaban J connectivity index is 1.74. The van der Waals surface area contributed by atoms with E-state index >= 15 is 0 Å². The average Bonchev–Trinajstić information content (AvgIpc) is 2.69. The highest BCUT2D eigenvalue weighted by molar-refractivity contribution is 5.83. The second kappa shape index (κ2) is 7.79. The monoisotopic (exact) mass is 404 g/mol. The molecule has 3 rings (SSSR count). The Morgan fingerprint density at radius 1 is 1.14 bits per heavy atom. The predicted octanol–water partition coefficient (Wildman–Crippen LogP) is 3.33. The quantitative estimate of drug-likeness (QED) is 0.576. The largest absolute Gasteiger partial charge is 0.423 e. The molecule has 0 N–H and O–H groups in total. The predicted molar refractivity (Wildman–Crippen MR) is 96.9 cm³/mol. The van der Waals surface area contributed by atoms with Crippen molar-refractivity contribution in [2.75, 3.05) is 24.5 Å². The normalized spacial score (nSPS) is 14.6. The highest BCUT2D eigenvalue weighted by Gasteiger charge is 2.39. The van der Waals surface area contributed by atoms with E-state index in [2.05, 4.69) is 0 Å². The Bertz CT molecular complexity index is 984. The van der Waals surface area contributed by atoms with Crippen LogP contribution in [-0.2, 0) is 17.5 Å². The van der Waals surface area contributed by atoms with Crippen molar-refractivity contribution in [1.29, 1.82) is 5.26 Å². The highest BCUT2D eigenvalue weighted by Crippen LogP contribution is 2.38. The summed E-state index contributed by atoms with van der Waals surface area (Å²) >= 11 is 0. The summed E-state index contributed by atoms with van der Waals surface area (Å²) in [5.74, 6) is -0.271. The van der Waals surface area contributed by atoms with Crippen LogP contribution in [0.5, 0.6) is 0 Å². The zero-order chi connectivity index (χ0) is 21.2. The molecule has 0 radical (unpaired) electrons. The maximum atomic E-state index is 13.2. The summed E-state index contributed by atoms with van der Waals surface area (Å²) in [5.41, 5.74) is -0.919. The van der Waals surface area contributed by atoms with E-state index in [0.29, 0.717) is 18.2 Å². The molecule has 0 aromatic heterocycles. The van der Waals surface area contributed by atoms with Crippen molar-refractivity contribution in [3.63, 3.8) is 0 Å². The Morgan fingerprint density at radius 2 is 1.83 bits per heavy atom. The standard InChI is InChI=1S/C19H15F3N4O3/c20-19(21,22)16-9-15(5-6-17(16)26(28)29)24-7-8-25(18(27)12-24)11-14-3-1-13(10-23)2-4-14/h1-6,9H,7-8,11-12H2. The fourth-order valence-corrected chi connectivity index (χ4v) is 3.11. The number of nitriles is 1. The summed E-state index contributed by atoms with van der Waals surface area (Å²) in [7, 11) is 0. The number of nitrogens with zero attached hydrogens (tertiary/aromatic N) is 4. The second-order valence-corrected chi connectivity index (χ2v) is 6.50. The molecule has 1 fully saturated rings. The van der Waals surface area contributed by atoms with Crippen molar-refractivity contribution < 1.29 is 22.9 Å². The van der Waals surface area contributed by atoms with Gasteiger partial charge < -0.3 is 9.80 Å². The average molecular weight is 404 g/mol. The number of carbonyl (C=O) groups is 1. The minimum Gasteiger partial charge on any atom is -0.360 e. The number of amides is 1. The topological polar surface area (TPSA) is 90.5 Å². The maximum absolute atomic E-state index is 13.2. The van der Waals surface area contributed by atoms with Gasteiger partial charge in [0, 0.05) is 31.4 Å². The third kappa shape index (κ3) is 4.45. The van der Waals surface area contributed by atoms with Crippen molar-refractivity contribution in [1.82, 2.24) is 4.90 Å². The molecule has 0 spiro atoms. The zero-order valence-corrected chi connectivity index (χ0v) is 15.0. The number of carbonyl (C=O) groups excluding carboxylic acids is 1. The number of nitro benzene ring substituents is 1. The van der Waals surface area contributed by atoms with Crippen LogP contribution in [0.3, 0.4) is 0 Å². The summed E-state index contributed by atoms with van der Waals surface area (Å²) in [6.45, 7) is 0.770. The van der Waals surface area contributed by atoms with E-state index < -0.39 is 22.4 Å². The van der Waals surface area contributed by atoms with Gasteiger partial charge in [0.25, 0.3) is 5.69 Å². The van der Waals surface area contributed by atoms with Crippen LogP contribution in [0, 0.1) is 21.4 Å². The SMILES string of the molecule is N#Cc1ccc(CN2CCN(c3ccc([N+](=O)[O-])c(C(F)(F)F)c3)CC2=O)cc1. The first-order chi connectivity index (χ1) is 13.7. The van der Waals surface area contributed by atoms with Crippen molar-refractivity contribution in [2.24, 2.45) is 0 Å². The minimum atomic E-state index is -4.88. The lowest BCUT2D eigenvalue weighted by Gasteiger charge is -2.35. The van der Waals surface area contributed by atoms with Crippen LogP contribution in [0.25, 0.3) is 0 Å². The molecule has 0 bridgehead atoms. The lowest BCUT2D eigenvalue weighted by Crippen LogP contribution is -2.50. The van der Waals surface area contributed by atoms with Gasteiger partial charge in [0.1, 0.15) is 5.56 Å². The summed E-state index contributed by atoms with van der Waals surface area (Å²) < 4.78 is 39.5. The third-order valence-electron chi connectivity index (χ3n) is 4.62. The molecule has 2 aromatic rings. The van der Waals surface area contributed by atoms with Gasteiger partial charge in [-0.1, -0.05) is 12.1 Å². The number of nitro groups is 1. The number of alkyl halides is 3. The molecule has 2 aromatic carbocycles. The van der Waals surface area contributed by atoms with Gasteiger partial charge >= 0.3 is 6.18 Å². The van der Waals surface area contributed by atoms with E-state index in [1.807, 2.05) is 6.07 Å². The fourth-order valence-electron chi connectivity index (χ4n) is 3.11. The molecule has 0 atom stereocenters. The summed E-state index contributed by atoms with van der Waals surface area (Å²) in [4.78, 5) is 25.3. The number of piperazine rings is 1. The maximum Gasteiger partial charge on any atom is 0.423 e. The minimum absolute atomic E-state index is 0.106. The van der Waals surface area contributed by atoms with Crippen LogP contribution in [0.15, 0.2) is 42.5 Å². The van der Waals surface area contributed by atoms with Crippen LogP contribution in [0.4, 0.5) is 24.5 Å². The molecule has 10 heteroatoms. The molecule has 150 valence electrons. The molecule has 7 nitrogen and oxygen atoms in total. The van der Waals surface area contributed by atoms with Crippen molar-refractivity contribution >= 4 is 17.3 Å². The molecule has 1 aliphatic rings. The Kier molecular flexibility index (Phi) is 5.41. The number of benzene rings is 2. The van der Waals surface area contributed by atoms with Crippen LogP contribution in [-0.4, -0.2) is 35.4 Å². The van der Waals surface area contributed by atoms with Gasteiger partial charge in [0.05, 0.1) is 23.1 Å². The smallest absolute Gasteiger partial charge is 0.360 e. The summed E-state index contributed by atoms with van der Waals surface area (Å²) in [5, 5.41) is 19.7. The van der Waals surface area contributed by atoms with Crippen LogP contribution in [0.2, 0.25) is 0 Å². The van der Waals surface area contributed by atoms with Gasteiger partial charge in [-0.05, 0) is 29.8 Å². The van der Waals surface area contributed by atoms with Crippen LogP contribution < -0.4 is 4.90 Å². The van der Waals surface area contributed by atoms with Gasteiger partial charge in [0.2, 0.25) is 5.91 Å². The van der Waals surface area contributed by atoms with Gasteiger partial charge in [-0.15, -0.1) is 0 Å². The van der Waals surface area contributed by atoms with Crippen LogP contribution in [0.1, 0.15) is 16.7 Å². The molecule has 1 saturated heterocycles. The van der Waals surface area contributed by atoms with Gasteiger partial charge in [0.15, 0.2) is 0 Å².